The molecule has 2 N–H and O–H groups in total. The highest BCUT2D eigenvalue weighted by atomic mass is 32.1. The van der Waals surface area contributed by atoms with E-state index >= 15 is 0 Å². The number of hydrogen-bond acceptors (Lipinski definition) is 4. The first kappa shape index (κ1) is 16.3. The zero-order valence-electron chi connectivity index (χ0n) is 12.8. The van der Waals surface area contributed by atoms with E-state index in [1.165, 1.54) is 4.88 Å². The molecule has 2 heterocycles. The molecular formula is C15H25N3O2S. The summed E-state index contributed by atoms with van der Waals surface area (Å²) in [5, 5.41) is 8.04. The normalized spacial score (nSPS) is 19.0. The maximum atomic E-state index is 11.9. The molecule has 0 radical (unpaired) electrons. The van der Waals surface area contributed by atoms with Gasteiger partial charge in [-0.15, -0.1) is 11.3 Å². The summed E-state index contributed by atoms with van der Waals surface area (Å²) >= 11 is 1.74. The molecule has 0 unspecified atom stereocenters. The fraction of sp³-hybridized carbons (Fsp3) is 0.667. The smallest absolute Gasteiger partial charge is 0.315 e. The van der Waals surface area contributed by atoms with E-state index in [2.05, 4.69) is 40.0 Å². The number of nitrogens with zero attached hydrogens (tertiary/aromatic N) is 1. The monoisotopic (exact) mass is 311 g/mol. The summed E-state index contributed by atoms with van der Waals surface area (Å²) in [6.07, 6.45) is 0.936. The molecule has 118 valence electrons. The predicted molar refractivity (Wildman–Crippen MR) is 85.7 cm³/mol. The molecule has 21 heavy (non-hydrogen) atoms. The Morgan fingerprint density at radius 2 is 2.24 bits per heavy atom. The lowest BCUT2D eigenvalue weighted by Crippen LogP contribution is -2.46. The largest absolute Gasteiger partial charge is 0.379 e. The number of rotatable bonds is 6. The Morgan fingerprint density at radius 1 is 1.48 bits per heavy atom. The zero-order chi connectivity index (χ0) is 15.1. The van der Waals surface area contributed by atoms with Crippen LogP contribution in [-0.2, 0) is 4.74 Å². The molecule has 1 aliphatic rings. The second kappa shape index (κ2) is 8.36. The van der Waals surface area contributed by atoms with E-state index in [1.807, 2.05) is 6.92 Å². The van der Waals surface area contributed by atoms with Crippen molar-refractivity contribution in [2.24, 2.45) is 0 Å². The van der Waals surface area contributed by atoms with E-state index in [0.717, 1.165) is 32.7 Å². The molecule has 1 aromatic heterocycles. The Kier molecular flexibility index (Phi) is 6.48. The molecule has 1 fully saturated rings. The van der Waals surface area contributed by atoms with Gasteiger partial charge in [0.25, 0.3) is 0 Å². The van der Waals surface area contributed by atoms with Crippen LogP contribution >= 0.6 is 11.3 Å². The molecular weight excluding hydrogens is 286 g/mol. The minimum atomic E-state index is -0.0841. The Labute approximate surface area is 130 Å². The van der Waals surface area contributed by atoms with E-state index < -0.39 is 0 Å². The Balaban J connectivity index is 1.91. The molecule has 2 rings (SSSR count). The number of morpholine rings is 1. The fourth-order valence-electron chi connectivity index (χ4n) is 2.35. The van der Waals surface area contributed by atoms with Crippen LogP contribution in [0.3, 0.4) is 0 Å². The Morgan fingerprint density at radius 3 is 2.86 bits per heavy atom. The van der Waals surface area contributed by atoms with Crippen LogP contribution in [0.4, 0.5) is 4.79 Å². The van der Waals surface area contributed by atoms with E-state index in [0.29, 0.717) is 6.54 Å². The lowest BCUT2D eigenvalue weighted by atomic mass is 10.2. The Hall–Kier alpha value is -1.11. The van der Waals surface area contributed by atoms with Crippen LogP contribution in [0.1, 0.15) is 31.2 Å². The fourth-order valence-corrected chi connectivity index (χ4v) is 3.21. The van der Waals surface area contributed by atoms with Crippen LogP contribution in [0.5, 0.6) is 0 Å². The molecule has 0 aromatic carbocycles. The van der Waals surface area contributed by atoms with Crippen molar-refractivity contribution in [1.82, 2.24) is 15.5 Å². The van der Waals surface area contributed by atoms with Gasteiger partial charge >= 0.3 is 6.03 Å². The van der Waals surface area contributed by atoms with E-state index in [9.17, 15) is 4.79 Å². The summed E-state index contributed by atoms with van der Waals surface area (Å²) in [5.41, 5.74) is 0. The second-order valence-corrected chi connectivity index (χ2v) is 6.32. The van der Waals surface area contributed by atoms with Gasteiger partial charge in [0.15, 0.2) is 0 Å². The van der Waals surface area contributed by atoms with Gasteiger partial charge in [-0.3, -0.25) is 4.90 Å². The Bertz CT molecular complexity index is 419. The quantitative estimate of drug-likeness (QED) is 0.847. The van der Waals surface area contributed by atoms with Crippen molar-refractivity contribution in [3.05, 3.63) is 22.4 Å². The maximum absolute atomic E-state index is 11.9. The third kappa shape index (κ3) is 4.98. The van der Waals surface area contributed by atoms with Crippen molar-refractivity contribution in [3.63, 3.8) is 0 Å². The number of carbonyl (C=O) groups excluding carboxylic acids is 1. The van der Waals surface area contributed by atoms with Crippen LogP contribution in [0.2, 0.25) is 0 Å². The summed E-state index contributed by atoms with van der Waals surface area (Å²) in [6.45, 7) is 8.06. The van der Waals surface area contributed by atoms with E-state index in [-0.39, 0.29) is 18.1 Å². The number of ether oxygens (including phenoxy) is 1. The van der Waals surface area contributed by atoms with Crippen molar-refractivity contribution >= 4 is 17.4 Å². The standard InChI is InChI=1S/C15H25N3O2S/c1-3-12(2)17-15(19)16-11-13(14-5-4-10-21-14)18-6-8-20-9-7-18/h4-5,10,12-13H,3,6-9,11H2,1-2H3,(H2,16,17,19)/t12-,13-/m0/s1. The van der Waals surface area contributed by atoms with Gasteiger partial charge < -0.3 is 15.4 Å². The van der Waals surface area contributed by atoms with Crippen LogP contribution in [-0.4, -0.2) is 49.8 Å². The van der Waals surface area contributed by atoms with E-state index in [4.69, 9.17) is 4.74 Å². The van der Waals surface area contributed by atoms with Crippen molar-refractivity contribution in [2.45, 2.75) is 32.4 Å². The summed E-state index contributed by atoms with van der Waals surface area (Å²) in [6, 6.07) is 4.55. The maximum Gasteiger partial charge on any atom is 0.315 e. The summed E-state index contributed by atoms with van der Waals surface area (Å²) in [7, 11) is 0. The summed E-state index contributed by atoms with van der Waals surface area (Å²) in [4.78, 5) is 15.6. The van der Waals surface area contributed by atoms with Crippen LogP contribution < -0.4 is 10.6 Å². The van der Waals surface area contributed by atoms with Gasteiger partial charge in [-0.05, 0) is 24.8 Å². The third-order valence-corrected chi connectivity index (χ3v) is 4.78. The zero-order valence-corrected chi connectivity index (χ0v) is 13.6. The van der Waals surface area contributed by atoms with Gasteiger partial charge in [-0.1, -0.05) is 13.0 Å². The molecule has 1 aliphatic heterocycles. The van der Waals surface area contributed by atoms with Crippen LogP contribution in [0, 0.1) is 0 Å². The topological polar surface area (TPSA) is 53.6 Å². The molecule has 2 amide bonds. The van der Waals surface area contributed by atoms with Gasteiger partial charge in [0.05, 0.1) is 19.3 Å². The number of thiophene rings is 1. The van der Waals surface area contributed by atoms with Crippen LogP contribution in [0.15, 0.2) is 17.5 Å². The predicted octanol–water partition coefficient (Wildman–Crippen LogP) is 2.22. The summed E-state index contributed by atoms with van der Waals surface area (Å²) in [5.74, 6) is 0. The molecule has 0 bridgehead atoms. The number of nitrogens with one attached hydrogen (secondary N) is 2. The molecule has 0 spiro atoms. The van der Waals surface area contributed by atoms with Crippen molar-refractivity contribution < 1.29 is 9.53 Å². The first-order valence-corrected chi connectivity index (χ1v) is 8.48. The second-order valence-electron chi connectivity index (χ2n) is 5.34. The number of urea groups is 1. The van der Waals surface area contributed by atoms with Gasteiger partial charge in [0, 0.05) is 30.6 Å². The van der Waals surface area contributed by atoms with Crippen molar-refractivity contribution in [1.29, 1.82) is 0 Å². The minimum absolute atomic E-state index is 0.0841. The molecule has 0 aliphatic carbocycles. The first-order valence-electron chi connectivity index (χ1n) is 7.60. The van der Waals surface area contributed by atoms with Gasteiger partial charge in [0.1, 0.15) is 0 Å². The highest BCUT2D eigenvalue weighted by molar-refractivity contribution is 7.10. The van der Waals surface area contributed by atoms with Gasteiger partial charge in [0.2, 0.25) is 0 Å². The molecule has 6 heteroatoms. The average molecular weight is 311 g/mol. The SMILES string of the molecule is CC[C@H](C)NC(=O)NC[C@@H](c1cccs1)N1CCOCC1. The first-order chi connectivity index (χ1) is 10.2. The number of amides is 2. The van der Waals surface area contributed by atoms with Crippen molar-refractivity contribution in [2.75, 3.05) is 32.8 Å². The number of hydrogen-bond donors (Lipinski definition) is 2. The molecule has 5 nitrogen and oxygen atoms in total. The van der Waals surface area contributed by atoms with Gasteiger partial charge in [-0.2, -0.15) is 0 Å². The lowest BCUT2D eigenvalue weighted by Gasteiger charge is -2.34. The van der Waals surface area contributed by atoms with Crippen molar-refractivity contribution in [3.8, 4) is 0 Å². The molecule has 0 saturated carbocycles. The number of carbonyl (C=O) groups is 1. The lowest BCUT2D eigenvalue weighted by molar-refractivity contribution is 0.0174. The molecule has 1 aromatic rings. The van der Waals surface area contributed by atoms with E-state index in [1.54, 1.807) is 11.3 Å². The highest BCUT2D eigenvalue weighted by Crippen LogP contribution is 2.25. The van der Waals surface area contributed by atoms with Crippen LogP contribution in [0.25, 0.3) is 0 Å². The third-order valence-electron chi connectivity index (χ3n) is 3.80. The summed E-state index contributed by atoms with van der Waals surface area (Å²) < 4.78 is 5.42. The average Bonchev–Trinajstić information content (AvgIpc) is 3.02. The molecule has 1 saturated heterocycles. The van der Waals surface area contributed by atoms with Gasteiger partial charge in [-0.25, -0.2) is 4.79 Å². The highest BCUT2D eigenvalue weighted by Gasteiger charge is 2.23. The molecule has 2 atom stereocenters. The minimum Gasteiger partial charge on any atom is -0.379 e.